The SMILES string of the molecule is CCCCCCCC/C=C\CCCCCCCCC(O)(CC)OP(=O)(O)C(CO)CCCCCCN. The molecule has 3 atom stereocenters. The van der Waals surface area contributed by atoms with Crippen molar-refractivity contribution >= 4 is 7.60 Å². The van der Waals surface area contributed by atoms with Crippen molar-refractivity contribution in [2.45, 2.75) is 160 Å². The third kappa shape index (κ3) is 19.8. The number of allylic oxidation sites excluding steroid dienone is 2. The maximum Gasteiger partial charge on any atom is 0.335 e. The molecule has 0 aromatic carbocycles. The average molecular weight is 534 g/mol. The van der Waals surface area contributed by atoms with E-state index in [2.05, 4.69) is 19.1 Å². The van der Waals surface area contributed by atoms with Crippen molar-refractivity contribution in [3.05, 3.63) is 12.2 Å². The molecule has 0 fully saturated rings. The molecule has 0 saturated carbocycles. The average Bonchev–Trinajstić information content (AvgIpc) is 2.85. The zero-order valence-electron chi connectivity index (χ0n) is 23.7. The highest BCUT2D eigenvalue weighted by molar-refractivity contribution is 7.53. The van der Waals surface area contributed by atoms with Gasteiger partial charge in [0.25, 0.3) is 0 Å². The summed E-state index contributed by atoms with van der Waals surface area (Å²) in [4.78, 5) is 10.5. The van der Waals surface area contributed by atoms with Crippen LogP contribution < -0.4 is 5.73 Å². The molecule has 36 heavy (non-hydrogen) atoms. The lowest BCUT2D eigenvalue weighted by Gasteiger charge is -2.32. The Morgan fingerprint density at radius 3 is 1.83 bits per heavy atom. The summed E-state index contributed by atoms with van der Waals surface area (Å²) in [6.45, 7) is 4.25. The lowest BCUT2D eigenvalue weighted by Crippen LogP contribution is -2.32. The van der Waals surface area contributed by atoms with E-state index in [-0.39, 0.29) is 6.42 Å². The van der Waals surface area contributed by atoms with Crippen molar-refractivity contribution in [2.24, 2.45) is 5.73 Å². The van der Waals surface area contributed by atoms with E-state index in [4.69, 9.17) is 10.3 Å². The molecule has 0 radical (unpaired) electrons. The number of hydrogen-bond acceptors (Lipinski definition) is 5. The maximum absolute atomic E-state index is 12.8. The lowest BCUT2D eigenvalue weighted by atomic mass is 10.0. The summed E-state index contributed by atoms with van der Waals surface area (Å²) >= 11 is 0. The predicted molar refractivity (Wildman–Crippen MR) is 153 cm³/mol. The van der Waals surface area contributed by atoms with Gasteiger partial charge in [0.1, 0.15) is 0 Å². The Balaban J connectivity index is 3.99. The molecule has 6 nitrogen and oxygen atoms in total. The summed E-state index contributed by atoms with van der Waals surface area (Å²) < 4.78 is 18.2. The summed E-state index contributed by atoms with van der Waals surface area (Å²) in [5.41, 5.74) is 4.64. The van der Waals surface area contributed by atoms with Gasteiger partial charge in [-0.05, 0) is 57.9 Å². The molecule has 0 aromatic rings. The van der Waals surface area contributed by atoms with Gasteiger partial charge in [-0.3, -0.25) is 9.09 Å². The Hall–Kier alpha value is -0.230. The molecule has 0 aliphatic rings. The third-order valence-corrected chi connectivity index (χ3v) is 9.04. The van der Waals surface area contributed by atoms with Crippen molar-refractivity contribution in [2.75, 3.05) is 13.2 Å². The Morgan fingerprint density at radius 1 is 0.806 bits per heavy atom. The highest BCUT2D eigenvalue weighted by Gasteiger charge is 2.40. The summed E-state index contributed by atoms with van der Waals surface area (Å²) in [5, 5.41) is 20.4. The van der Waals surface area contributed by atoms with Crippen molar-refractivity contribution < 1.29 is 24.2 Å². The van der Waals surface area contributed by atoms with Crippen LogP contribution in [0.5, 0.6) is 0 Å². The van der Waals surface area contributed by atoms with Gasteiger partial charge in [0.15, 0.2) is 5.79 Å². The number of unbranched alkanes of at least 4 members (excludes halogenated alkanes) is 15. The highest BCUT2D eigenvalue weighted by Crippen LogP contribution is 2.53. The molecule has 3 unspecified atom stereocenters. The molecule has 0 bridgehead atoms. The summed E-state index contributed by atoms with van der Waals surface area (Å²) in [5.74, 6) is -1.61. The molecule has 0 amide bonds. The highest BCUT2D eigenvalue weighted by atomic mass is 31.2. The Morgan fingerprint density at radius 2 is 1.31 bits per heavy atom. The molecular weight excluding hydrogens is 473 g/mol. The fourth-order valence-corrected chi connectivity index (χ4v) is 6.06. The van der Waals surface area contributed by atoms with E-state index in [1.165, 1.54) is 64.2 Å². The van der Waals surface area contributed by atoms with Gasteiger partial charge < -0.3 is 20.8 Å². The zero-order chi connectivity index (χ0) is 27.0. The second-order valence-electron chi connectivity index (χ2n) is 10.5. The smallest absolute Gasteiger partial charge is 0.335 e. The van der Waals surface area contributed by atoms with Crippen LogP contribution in [-0.2, 0) is 9.09 Å². The van der Waals surface area contributed by atoms with E-state index in [0.29, 0.717) is 19.4 Å². The van der Waals surface area contributed by atoms with E-state index in [1.807, 2.05) is 0 Å². The van der Waals surface area contributed by atoms with Gasteiger partial charge in [-0.1, -0.05) is 103 Å². The standard InChI is InChI=1S/C29H60NO5P/c1-3-5-6-7-8-9-10-11-12-13-14-15-16-17-19-22-25-29(32,4-2)35-36(33,34)28(27-31)24-21-18-20-23-26-30/h11-12,28,31-32H,3-10,13-27,30H2,1-2H3,(H,33,34)/b12-11-. The van der Waals surface area contributed by atoms with E-state index >= 15 is 0 Å². The van der Waals surface area contributed by atoms with Crippen molar-refractivity contribution in [1.29, 1.82) is 0 Å². The topological polar surface area (TPSA) is 113 Å². The molecule has 0 heterocycles. The first-order chi connectivity index (χ1) is 17.3. The van der Waals surface area contributed by atoms with Crippen LogP contribution in [0.4, 0.5) is 0 Å². The normalized spacial score (nSPS) is 16.3. The van der Waals surface area contributed by atoms with Crippen LogP contribution in [0.25, 0.3) is 0 Å². The molecule has 0 spiro atoms. The van der Waals surface area contributed by atoms with E-state index in [1.54, 1.807) is 6.92 Å². The van der Waals surface area contributed by atoms with Gasteiger partial charge in [-0.15, -0.1) is 0 Å². The number of hydrogen-bond donors (Lipinski definition) is 4. The fraction of sp³-hybridized carbons (Fsp3) is 0.931. The Kier molecular flexibility index (Phi) is 23.7. The largest absolute Gasteiger partial charge is 0.395 e. The van der Waals surface area contributed by atoms with Crippen LogP contribution in [-0.4, -0.2) is 39.7 Å². The summed E-state index contributed by atoms with van der Waals surface area (Å²) in [6.07, 6.45) is 26.1. The van der Waals surface area contributed by atoms with E-state index < -0.39 is 25.6 Å². The van der Waals surface area contributed by atoms with Crippen LogP contribution >= 0.6 is 7.60 Å². The van der Waals surface area contributed by atoms with Crippen molar-refractivity contribution in [3.8, 4) is 0 Å². The van der Waals surface area contributed by atoms with Crippen molar-refractivity contribution in [1.82, 2.24) is 0 Å². The van der Waals surface area contributed by atoms with E-state index in [0.717, 1.165) is 51.4 Å². The fourth-order valence-electron chi connectivity index (χ4n) is 4.49. The summed E-state index contributed by atoms with van der Waals surface area (Å²) in [6, 6.07) is 0. The Labute approximate surface area is 223 Å². The van der Waals surface area contributed by atoms with Crippen molar-refractivity contribution in [3.63, 3.8) is 0 Å². The van der Waals surface area contributed by atoms with Crippen LogP contribution in [0.2, 0.25) is 0 Å². The van der Waals surface area contributed by atoms with Gasteiger partial charge in [0.05, 0.1) is 12.3 Å². The first-order valence-electron chi connectivity index (χ1n) is 15.1. The number of aliphatic hydroxyl groups excluding tert-OH is 1. The minimum Gasteiger partial charge on any atom is -0.395 e. The molecule has 0 aliphatic heterocycles. The van der Waals surface area contributed by atoms with Gasteiger partial charge in [0, 0.05) is 6.42 Å². The molecule has 0 aliphatic carbocycles. The minimum atomic E-state index is -4.12. The monoisotopic (exact) mass is 533 g/mol. The second kappa shape index (κ2) is 23.9. The number of rotatable bonds is 27. The molecule has 0 aromatic heterocycles. The minimum absolute atomic E-state index is 0.247. The maximum atomic E-state index is 12.8. The zero-order valence-corrected chi connectivity index (χ0v) is 24.6. The van der Waals surface area contributed by atoms with Crippen LogP contribution in [0.1, 0.15) is 149 Å². The quantitative estimate of drug-likeness (QED) is 0.0368. The first kappa shape index (κ1) is 35.8. The molecule has 5 N–H and O–H groups in total. The first-order valence-corrected chi connectivity index (χ1v) is 16.7. The molecule has 216 valence electrons. The van der Waals surface area contributed by atoms with E-state index in [9.17, 15) is 19.7 Å². The van der Waals surface area contributed by atoms with Gasteiger partial charge in [-0.2, -0.15) is 0 Å². The summed E-state index contributed by atoms with van der Waals surface area (Å²) in [7, 11) is -4.12. The lowest BCUT2D eigenvalue weighted by molar-refractivity contribution is -0.151. The number of aliphatic hydroxyl groups is 2. The third-order valence-electron chi connectivity index (χ3n) is 7.10. The predicted octanol–water partition coefficient (Wildman–Crippen LogP) is 7.98. The van der Waals surface area contributed by atoms with Gasteiger partial charge >= 0.3 is 7.60 Å². The van der Waals surface area contributed by atoms with Crippen LogP contribution in [0.3, 0.4) is 0 Å². The molecule has 0 saturated heterocycles. The molecular formula is C29H60NO5P. The van der Waals surface area contributed by atoms with Gasteiger partial charge in [-0.25, -0.2) is 0 Å². The molecule has 7 heteroatoms. The van der Waals surface area contributed by atoms with Crippen LogP contribution in [0.15, 0.2) is 12.2 Å². The molecule has 0 rings (SSSR count). The Bertz CT molecular complexity index is 560. The number of nitrogens with two attached hydrogens (primary N) is 1. The van der Waals surface area contributed by atoms with Crippen LogP contribution in [0, 0.1) is 0 Å². The van der Waals surface area contributed by atoms with Gasteiger partial charge in [0.2, 0.25) is 0 Å². The second-order valence-corrected chi connectivity index (χ2v) is 12.5.